The summed E-state index contributed by atoms with van der Waals surface area (Å²) in [5.74, 6) is 0.142. The molecule has 12 heavy (non-hydrogen) atoms. The molecular weight excluding hydrogens is 170 g/mol. The van der Waals surface area contributed by atoms with Gasteiger partial charge in [0.1, 0.15) is 0 Å². The number of Topliss-reactive ketones (excluding diaryl/α,β-unsaturated/α-hetero) is 1. The van der Waals surface area contributed by atoms with Gasteiger partial charge in [-0.2, -0.15) is 0 Å². The van der Waals surface area contributed by atoms with Crippen molar-refractivity contribution in [2.45, 2.75) is 33.1 Å². The molecule has 0 atom stereocenters. The Labute approximate surface area is 76.6 Å². The molecule has 2 nitrogen and oxygen atoms in total. The molecule has 0 radical (unpaired) electrons. The topological polar surface area (TPSA) is 30.0 Å². The molecule has 66 valence electrons. The maximum absolute atomic E-state index is 11.1. The Kier molecular flexibility index (Phi) is 3.41. The lowest BCUT2D eigenvalue weighted by Crippen LogP contribution is -1.95. The number of carbonyl (C=O) groups is 1. The van der Waals surface area contributed by atoms with Gasteiger partial charge in [-0.3, -0.25) is 4.79 Å². The van der Waals surface area contributed by atoms with Gasteiger partial charge in [-0.25, -0.2) is 4.98 Å². The first kappa shape index (κ1) is 9.39. The van der Waals surface area contributed by atoms with E-state index in [9.17, 15) is 4.79 Å². The molecule has 1 rings (SSSR count). The van der Waals surface area contributed by atoms with Gasteiger partial charge >= 0.3 is 0 Å². The molecule has 0 aliphatic heterocycles. The highest BCUT2D eigenvalue weighted by molar-refractivity contribution is 7.11. The normalized spacial score (nSPS) is 10.2. The Morgan fingerprint density at radius 3 is 3.00 bits per heavy atom. The first-order valence-corrected chi connectivity index (χ1v) is 5.07. The van der Waals surface area contributed by atoms with Crippen LogP contribution in [0.2, 0.25) is 0 Å². The highest BCUT2D eigenvalue weighted by Gasteiger charge is 2.08. The fraction of sp³-hybridized carbons (Fsp3) is 0.556. The van der Waals surface area contributed by atoms with Gasteiger partial charge in [0, 0.05) is 6.92 Å². The third-order valence-corrected chi connectivity index (χ3v) is 2.70. The maximum atomic E-state index is 11.1. The molecule has 1 heterocycles. The zero-order chi connectivity index (χ0) is 8.97. The quantitative estimate of drug-likeness (QED) is 0.672. The second-order valence-corrected chi connectivity index (χ2v) is 3.64. The smallest absolute Gasteiger partial charge is 0.171 e. The number of aromatic nitrogens is 1. The number of hydrogen-bond donors (Lipinski definition) is 0. The predicted molar refractivity (Wildman–Crippen MR) is 50.7 cm³/mol. The summed E-state index contributed by atoms with van der Waals surface area (Å²) in [6.07, 6.45) is 3.20. The van der Waals surface area contributed by atoms with Gasteiger partial charge in [-0.05, 0) is 12.8 Å². The van der Waals surface area contributed by atoms with E-state index in [2.05, 4.69) is 11.9 Å². The van der Waals surface area contributed by atoms with E-state index < -0.39 is 0 Å². The van der Waals surface area contributed by atoms with Crippen molar-refractivity contribution in [3.05, 3.63) is 16.1 Å². The molecule has 0 amide bonds. The van der Waals surface area contributed by atoms with Gasteiger partial charge in [0.25, 0.3) is 0 Å². The fourth-order valence-electron chi connectivity index (χ4n) is 1.08. The van der Waals surface area contributed by atoms with Crippen LogP contribution in [0.3, 0.4) is 0 Å². The van der Waals surface area contributed by atoms with Crippen molar-refractivity contribution in [2.75, 3.05) is 0 Å². The van der Waals surface area contributed by atoms with Crippen molar-refractivity contribution in [3.63, 3.8) is 0 Å². The molecule has 0 fully saturated rings. The number of thiazole rings is 1. The standard InChI is InChI=1S/C9H13NOS/c1-3-4-5-8-9(7(2)11)12-6-10-8/h6H,3-5H2,1-2H3. The summed E-state index contributed by atoms with van der Waals surface area (Å²) >= 11 is 1.45. The van der Waals surface area contributed by atoms with Gasteiger partial charge < -0.3 is 0 Å². The lowest BCUT2D eigenvalue weighted by atomic mass is 10.1. The Morgan fingerprint density at radius 2 is 2.42 bits per heavy atom. The minimum atomic E-state index is 0.142. The highest BCUT2D eigenvalue weighted by atomic mass is 32.1. The predicted octanol–water partition coefficient (Wildman–Crippen LogP) is 2.69. The minimum absolute atomic E-state index is 0.142. The molecule has 0 bridgehead atoms. The lowest BCUT2D eigenvalue weighted by Gasteiger charge is -1.96. The summed E-state index contributed by atoms with van der Waals surface area (Å²) in [6.45, 7) is 3.74. The van der Waals surface area contributed by atoms with Gasteiger partial charge in [-0.15, -0.1) is 11.3 Å². The van der Waals surface area contributed by atoms with Crippen molar-refractivity contribution in [3.8, 4) is 0 Å². The van der Waals surface area contributed by atoms with Crippen LogP contribution in [0.1, 0.15) is 42.1 Å². The van der Waals surface area contributed by atoms with Crippen molar-refractivity contribution >= 4 is 17.1 Å². The third-order valence-electron chi connectivity index (χ3n) is 1.73. The highest BCUT2D eigenvalue weighted by Crippen LogP contribution is 2.15. The van der Waals surface area contributed by atoms with Crippen LogP contribution in [0.5, 0.6) is 0 Å². The van der Waals surface area contributed by atoms with Crippen LogP contribution in [-0.2, 0) is 6.42 Å². The van der Waals surface area contributed by atoms with Gasteiger partial charge in [0.05, 0.1) is 16.1 Å². The van der Waals surface area contributed by atoms with Crippen molar-refractivity contribution < 1.29 is 4.79 Å². The van der Waals surface area contributed by atoms with E-state index in [1.165, 1.54) is 11.3 Å². The number of aryl methyl sites for hydroxylation is 1. The molecule has 0 N–H and O–H groups in total. The summed E-state index contributed by atoms with van der Waals surface area (Å²) in [6, 6.07) is 0. The fourth-order valence-corrected chi connectivity index (χ4v) is 1.82. The van der Waals surface area contributed by atoms with Crippen LogP contribution in [0.25, 0.3) is 0 Å². The Balaban J connectivity index is 2.70. The zero-order valence-electron chi connectivity index (χ0n) is 7.46. The molecule has 1 aromatic rings. The van der Waals surface area contributed by atoms with E-state index in [1.807, 2.05) is 0 Å². The second-order valence-electron chi connectivity index (χ2n) is 2.79. The summed E-state index contributed by atoms with van der Waals surface area (Å²) in [4.78, 5) is 16.1. The Morgan fingerprint density at radius 1 is 1.67 bits per heavy atom. The number of hydrogen-bond acceptors (Lipinski definition) is 3. The molecule has 0 spiro atoms. The second kappa shape index (κ2) is 4.36. The zero-order valence-corrected chi connectivity index (χ0v) is 8.28. The summed E-state index contributed by atoms with van der Waals surface area (Å²) < 4.78 is 0. The summed E-state index contributed by atoms with van der Waals surface area (Å²) in [5.41, 5.74) is 2.73. The monoisotopic (exact) mass is 183 g/mol. The molecule has 0 saturated carbocycles. The summed E-state index contributed by atoms with van der Waals surface area (Å²) in [5, 5.41) is 0. The van der Waals surface area contributed by atoms with Crippen molar-refractivity contribution in [1.29, 1.82) is 0 Å². The molecular formula is C9H13NOS. The van der Waals surface area contributed by atoms with Crippen LogP contribution >= 0.6 is 11.3 Å². The molecule has 3 heteroatoms. The lowest BCUT2D eigenvalue weighted by molar-refractivity contribution is 0.102. The van der Waals surface area contributed by atoms with Gasteiger partial charge in [-0.1, -0.05) is 13.3 Å². The molecule has 0 aromatic carbocycles. The number of rotatable bonds is 4. The van der Waals surface area contributed by atoms with Gasteiger partial charge in [0.2, 0.25) is 0 Å². The van der Waals surface area contributed by atoms with E-state index in [-0.39, 0.29) is 5.78 Å². The van der Waals surface area contributed by atoms with E-state index in [0.717, 1.165) is 29.8 Å². The van der Waals surface area contributed by atoms with Crippen molar-refractivity contribution in [2.24, 2.45) is 0 Å². The third kappa shape index (κ3) is 2.14. The van der Waals surface area contributed by atoms with Crippen LogP contribution in [0.4, 0.5) is 0 Å². The first-order chi connectivity index (χ1) is 5.75. The number of carbonyl (C=O) groups excluding carboxylic acids is 1. The number of nitrogens with zero attached hydrogens (tertiary/aromatic N) is 1. The van der Waals surface area contributed by atoms with Crippen LogP contribution in [0.15, 0.2) is 5.51 Å². The molecule has 1 aromatic heterocycles. The van der Waals surface area contributed by atoms with Gasteiger partial charge in [0.15, 0.2) is 5.78 Å². The van der Waals surface area contributed by atoms with E-state index >= 15 is 0 Å². The van der Waals surface area contributed by atoms with E-state index in [1.54, 1.807) is 12.4 Å². The van der Waals surface area contributed by atoms with E-state index in [0.29, 0.717) is 0 Å². The largest absolute Gasteiger partial charge is 0.294 e. The first-order valence-electron chi connectivity index (χ1n) is 4.19. The number of ketones is 1. The average molecular weight is 183 g/mol. The molecule has 0 aliphatic rings. The van der Waals surface area contributed by atoms with Crippen LogP contribution in [0, 0.1) is 0 Å². The Hall–Kier alpha value is -0.700. The molecule has 0 aliphatic carbocycles. The Bertz CT molecular complexity index is 267. The number of unbranched alkanes of at least 4 members (excludes halogenated alkanes) is 1. The van der Waals surface area contributed by atoms with Crippen LogP contribution in [-0.4, -0.2) is 10.8 Å². The van der Waals surface area contributed by atoms with Crippen LogP contribution < -0.4 is 0 Å². The summed E-state index contributed by atoms with van der Waals surface area (Å²) in [7, 11) is 0. The molecule has 0 unspecified atom stereocenters. The molecule has 0 saturated heterocycles. The average Bonchev–Trinajstić information content (AvgIpc) is 2.48. The maximum Gasteiger partial charge on any atom is 0.171 e. The van der Waals surface area contributed by atoms with Crippen molar-refractivity contribution in [1.82, 2.24) is 4.98 Å². The SMILES string of the molecule is CCCCc1ncsc1C(C)=O. The minimum Gasteiger partial charge on any atom is -0.294 e. The van der Waals surface area contributed by atoms with E-state index in [4.69, 9.17) is 0 Å².